The predicted molar refractivity (Wildman–Crippen MR) is 98.6 cm³/mol. The van der Waals surface area contributed by atoms with Gasteiger partial charge in [0.2, 0.25) is 10.0 Å². The summed E-state index contributed by atoms with van der Waals surface area (Å²) in [5.41, 5.74) is 0.368. The van der Waals surface area contributed by atoms with E-state index in [1.165, 1.54) is 29.3 Å². The minimum absolute atomic E-state index is 0.152. The summed E-state index contributed by atoms with van der Waals surface area (Å²) in [5, 5.41) is 2.92. The number of morpholine rings is 1. The van der Waals surface area contributed by atoms with Crippen LogP contribution in [0.2, 0.25) is 0 Å². The van der Waals surface area contributed by atoms with Gasteiger partial charge in [-0.2, -0.15) is 4.31 Å². The minimum atomic E-state index is -3.60. The van der Waals surface area contributed by atoms with Crippen LogP contribution in [-0.2, 0) is 14.8 Å². The third kappa shape index (κ3) is 4.43. The number of sulfonamides is 1. The van der Waals surface area contributed by atoms with Crippen LogP contribution >= 0.6 is 0 Å². The largest absolute Gasteiger partial charge is 0.379 e. The second-order valence-electron chi connectivity index (χ2n) is 6.85. The van der Waals surface area contributed by atoms with Crippen LogP contribution in [-0.4, -0.2) is 75.5 Å². The molecule has 2 fully saturated rings. The molecular weight excluding hydrogens is 354 g/mol. The molecule has 1 aromatic carbocycles. The first-order valence-corrected chi connectivity index (χ1v) is 10.6. The van der Waals surface area contributed by atoms with Crippen molar-refractivity contribution in [3.05, 3.63) is 29.8 Å². The molecule has 0 bridgehead atoms. The highest BCUT2D eigenvalue weighted by molar-refractivity contribution is 7.89. The number of benzene rings is 1. The van der Waals surface area contributed by atoms with E-state index in [4.69, 9.17) is 4.74 Å². The van der Waals surface area contributed by atoms with E-state index >= 15 is 0 Å². The molecule has 2 heterocycles. The fourth-order valence-electron chi connectivity index (χ4n) is 3.39. The third-order valence-corrected chi connectivity index (χ3v) is 6.92. The van der Waals surface area contributed by atoms with E-state index in [2.05, 4.69) is 17.1 Å². The number of nitrogens with one attached hydrogen (secondary N) is 1. The van der Waals surface area contributed by atoms with Gasteiger partial charge in [0, 0.05) is 31.2 Å². The zero-order valence-corrected chi connectivity index (χ0v) is 16.0. The lowest BCUT2D eigenvalue weighted by atomic mass is 10.2. The van der Waals surface area contributed by atoms with Gasteiger partial charge in [-0.05, 0) is 51.1 Å². The summed E-state index contributed by atoms with van der Waals surface area (Å²) in [6.45, 7) is 6.28. The van der Waals surface area contributed by atoms with Gasteiger partial charge in [-0.1, -0.05) is 6.07 Å². The van der Waals surface area contributed by atoms with Crippen LogP contribution in [0, 0.1) is 0 Å². The summed E-state index contributed by atoms with van der Waals surface area (Å²) in [4.78, 5) is 15.0. The zero-order valence-electron chi connectivity index (χ0n) is 15.2. The smallest absolute Gasteiger partial charge is 0.251 e. The number of rotatable bonds is 6. The second kappa shape index (κ2) is 8.47. The molecule has 1 aromatic rings. The lowest BCUT2D eigenvalue weighted by molar-refractivity contribution is 0.0730. The zero-order chi connectivity index (χ0) is 18.6. The summed E-state index contributed by atoms with van der Waals surface area (Å²) in [5.74, 6) is -0.241. The average Bonchev–Trinajstić information content (AvgIpc) is 3.21. The number of carbonyl (C=O) groups is 1. The number of likely N-dealkylation sites (tertiary alicyclic amines) is 1. The summed E-state index contributed by atoms with van der Waals surface area (Å²) in [6, 6.07) is 6.54. The number of hydrogen-bond donors (Lipinski definition) is 1. The Hall–Kier alpha value is -1.48. The molecule has 0 saturated carbocycles. The molecule has 1 unspecified atom stereocenters. The summed E-state index contributed by atoms with van der Waals surface area (Å²) in [7, 11) is -3.60. The van der Waals surface area contributed by atoms with Gasteiger partial charge in [0.25, 0.3) is 5.91 Å². The van der Waals surface area contributed by atoms with Crippen LogP contribution in [0.4, 0.5) is 0 Å². The van der Waals surface area contributed by atoms with E-state index in [0.29, 0.717) is 38.4 Å². The Kier molecular flexibility index (Phi) is 6.29. The van der Waals surface area contributed by atoms with Gasteiger partial charge in [0.15, 0.2) is 0 Å². The maximum Gasteiger partial charge on any atom is 0.251 e. The second-order valence-corrected chi connectivity index (χ2v) is 8.78. The van der Waals surface area contributed by atoms with E-state index in [0.717, 1.165) is 13.1 Å². The lowest BCUT2D eigenvalue weighted by Gasteiger charge is -2.26. The molecule has 1 N–H and O–H groups in total. The number of amides is 1. The molecule has 0 spiro atoms. The molecule has 0 aliphatic carbocycles. The molecular formula is C18H27N3O4S. The first-order chi connectivity index (χ1) is 12.5. The number of carbonyl (C=O) groups excluding carboxylic acids is 1. The minimum Gasteiger partial charge on any atom is -0.379 e. The number of hydrogen-bond acceptors (Lipinski definition) is 5. The molecule has 2 saturated heterocycles. The molecule has 1 atom stereocenters. The van der Waals surface area contributed by atoms with Crippen molar-refractivity contribution in [1.29, 1.82) is 0 Å². The van der Waals surface area contributed by atoms with Gasteiger partial charge in [-0.15, -0.1) is 0 Å². The Morgan fingerprint density at radius 2 is 1.88 bits per heavy atom. The Morgan fingerprint density at radius 1 is 1.19 bits per heavy atom. The lowest BCUT2D eigenvalue weighted by Crippen LogP contribution is -2.41. The molecule has 0 radical (unpaired) electrons. The molecule has 26 heavy (non-hydrogen) atoms. The van der Waals surface area contributed by atoms with Crippen molar-refractivity contribution < 1.29 is 17.9 Å². The van der Waals surface area contributed by atoms with Crippen molar-refractivity contribution >= 4 is 15.9 Å². The maximum absolute atomic E-state index is 12.7. The molecule has 7 nitrogen and oxygen atoms in total. The van der Waals surface area contributed by atoms with Crippen molar-refractivity contribution in [2.75, 3.05) is 45.9 Å². The molecule has 2 aliphatic rings. The molecule has 1 amide bonds. The predicted octanol–water partition coefficient (Wildman–Crippen LogP) is 0.922. The van der Waals surface area contributed by atoms with E-state index in [-0.39, 0.29) is 16.8 Å². The van der Waals surface area contributed by atoms with Crippen LogP contribution in [0.25, 0.3) is 0 Å². The van der Waals surface area contributed by atoms with Crippen LogP contribution in [0.15, 0.2) is 29.2 Å². The summed E-state index contributed by atoms with van der Waals surface area (Å²) < 4.78 is 32.1. The van der Waals surface area contributed by atoms with Crippen molar-refractivity contribution in [3.63, 3.8) is 0 Å². The SMILES string of the molecule is CC(CNC(=O)c1cccc(S(=O)(=O)N2CCOCC2)c1)N1CCCC1. The Balaban J connectivity index is 1.65. The van der Waals surface area contributed by atoms with Crippen molar-refractivity contribution in [2.24, 2.45) is 0 Å². The normalized spacial score (nSPS) is 20.8. The molecule has 8 heteroatoms. The Bertz CT molecular complexity index is 726. The van der Waals surface area contributed by atoms with Crippen LogP contribution in [0.3, 0.4) is 0 Å². The van der Waals surface area contributed by atoms with Gasteiger partial charge in [0.05, 0.1) is 18.1 Å². The molecule has 3 rings (SSSR count). The molecule has 0 aromatic heterocycles. The number of nitrogens with zero attached hydrogens (tertiary/aromatic N) is 2. The van der Waals surface area contributed by atoms with Crippen molar-refractivity contribution in [3.8, 4) is 0 Å². The third-order valence-electron chi connectivity index (χ3n) is 5.03. The summed E-state index contributed by atoms with van der Waals surface area (Å²) >= 11 is 0. The Morgan fingerprint density at radius 3 is 2.58 bits per heavy atom. The first-order valence-electron chi connectivity index (χ1n) is 9.19. The summed E-state index contributed by atoms with van der Waals surface area (Å²) in [6.07, 6.45) is 2.42. The highest BCUT2D eigenvalue weighted by Crippen LogP contribution is 2.18. The maximum atomic E-state index is 12.7. The van der Waals surface area contributed by atoms with Gasteiger partial charge in [-0.3, -0.25) is 9.69 Å². The van der Waals surface area contributed by atoms with E-state index in [1.54, 1.807) is 12.1 Å². The number of ether oxygens (including phenoxy) is 1. The monoisotopic (exact) mass is 381 g/mol. The molecule has 144 valence electrons. The average molecular weight is 381 g/mol. The van der Waals surface area contributed by atoms with E-state index < -0.39 is 10.0 Å². The molecule has 2 aliphatic heterocycles. The van der Waals surface area contributed by atoms with Gasteiger partial charge in [0.1, 0.15) is 0 Å². The fourth-order valence-corrected chi connectivity index (χ4v) is 4.84. The van der Waals surface area contributed by atoms with Crippen LogP contribution < -0.4 is 5.32 Å². The van der Waals surface area contributed by atoms with Crippen LogP contribution in [0.5, 0.6) is 0 Å². The quantitative estimate of drug-likeness (QED) is 0.793. The van der Waals surface area contributed by atoms with Gasteiger partial charge < -0.3 is 10.1 Å². The van der Waals surface area contributed by atoms with Crippen molar-refractivity contribution in [2.45, 2.75) is 30.7 Å². The van der Waals surface area contributed by atoms with Crippen molar-refractivity contribution in [1.82, 2.24) is 14.5 Å². The standard InChI is InChI=1S/C18H27N3O4S/c1-15(20-7-2-3-8-20)14-19-18(22)16-5-4-6-17(13-16)26(23,24)21-9-11-25-12-10-21/h4-6,13,15H,2-3,7-12,14H2,1H3,(H,19,22). The van der Waals surface area contributed by atoms with Gasteiger partial charge in [-0.25, -0.2) is 8.42 Å². The highest BCUT2D eigenvalue weighted by atomic mass is 32.2. The van der Waals surface area contributed by atoms with Crippen LogP contribution in [0.1, 0.15) is 30.1 Å². The highest BCUT2D eigenvalue weighted by Gasteiger charge is 2.27. The topological polar surface area (TPSA) is 79.0 Å². The van der Waals surface area contributed by atoms with E-state index in [9.17, 15) is 13.2 Å². The first kappa shape index (κ1) is 19.3. The fraction of sp³-hybridized carbons (Fsp3) is 0.611. The Labute approximate surface area is 155 Å². The van der Waals surface area contributed by atoms with E-state index in [1.807, 2.05) is 0 Å². The van der Waals surface area contributed by atoms with Gasteiger partial charge >= 0.3 is 0 Å².